The van der Waals surface area contributed by atoms with E-state index >= 15 is 0 Å². The molecule has 0 saturated carbocycles. The van der Waals surface area contributed by atoms with Gasteiger partial charge in [0, 0.05) is 37.1 Å². The number of pyridine rings is 1. The van der Waals surface area contributed by atoms with Crippen LogP contribution in [0, 0.1) is 5.82 Å². The summed E-state index contributed by atoms with van der Waals surface area (Å²) >= 11 is 0. The first-order valence-electron chi connectivity index (χ1n) is 8.75. The summed E-state index contributed by atoms with van der Waals surface area (Å²) in [4.78, 5) is 22.0. The molecule has 1 aromatic heterocycles. The highest BCUT2D eigenvalue weighted by Crippen LogP contribution is 2.26. The van der Waals surface area contributed by atoms with Gasteiger partial charge in [-0.3, -0.25) is 4.79 Å². The van der Waals surface area contributed by atoms with Gasteiger partial charge in [-0.2, -0.15) is 0 Å². The van der Waals surface area contributed by atoms with Crippen LogP contribution in [0.15, 0.2) is 54.6 Å². The Morgan fingerprint density at radius 3 is 2.37 bits per heavy atom. The van der Waals surface area contributed by atoms with Crippen molar-refractivity contribution in [3.63, 3.8) is 0 Å². The zero-order chi connectivity index (χ0) is 18.1. The first kappa shape index (κ1) is 19.3. The van der Waals surface area contributed by atoms with Gasteiger partial charge in [0.05, 0.1) is 16.8 Å². The van der Waals surface area contributed by atoms with Gasteiger partial charge in [0.1, 0.15) is 5.82 Å². The van der Waals surface area contributed by atoms with E-state index < -0.39 is 0 Å². The minimum absolute atomic E-state index is 0. The second kappa shape index (κ2) is 8.03. The molecule has 0 spiro atoms. The molecule has 0 aliphatic carbocycles. The van der Waals surface area contributed by atoms with Gasteiger partial charge in [-0.05, 0) is 43.4 Å². The Morgan fingerprint density at radius 2 is 1.67 bits per heavy atom. The number of carbonyl (C=O) groups is 1. The number of para-hydroxylation sites is 1. The number of rotatable bonds is 2. The minimum Gasteiger partial charge on any atom is -0.336 e. The molecule has 0 N–H and O–H groups in total. The molecule has 3 aromatic rings. The smallest absolute Gasteiger partial charge is 0.254 e. The lowest BCUT2D eigenvalue weighted by atomic mass is 10.0. The second-order valence-corrected chi connectivity index (χ2v) is 6.67. The summed E-state index contributed by atoms with van der Waals surface area (Å²) in [6.45, 7) is 3.19. The number of fused-ring (bicyclic) bond motifs is 1. The molecule has 1 saturated heterocycles. The van der Waals surface area contributed by atoms with Crippen LogP contribution in [-0.4, -0.2) is 53.9 Å². The first-order valence-corrected chi connectivity index (χ1v) is 8.75. The summed E-state index contributed by atoms with van der Waals surface area (Å²) in [6, 6.07) is 15.7. The van der Waals surface area contributed by atoms with Gasteiger partial charge in [-0.15, -0.1) is 12.4 Å². The maximum atomic E-state index is 13.3. The highest BCUT2D eigenvalue weighted by atomic mass is 35.5. The molecule has 1 amide bonds. The summed E-state index contributed by atoms with van der Waals surface area (Å²) < 4.78 is 13.3. The lowest BCUT2D eigenvalue weighted by Gasteiger charge is -2.32. The van der Waals surface area contributed by atoms with E-state index in [1.165, 1.54) is 12.1 Å². The number of halogens is 2. The van der Waals surface area contributed by atoms with Crippen molar-refractivity contribution >= 4 is 29.2 Å². The van der Waals surface area contributed by atoms with Crippen molar-refractivity contribution in [2.45, 2.75) is 0 Å². The van der Waals surface area contributed by atoms with Crippen LogP contribution in [0.4, 0.5) is 4.39 Å². The molecule has 4 rings (SSSR count). The van der Waals surface area contributed by atoms with Gasteiger partial charge < -0.3 is 9.80 Å². The predicted molar refractivity (Wildman–Crippen MR) is 108 cm³/mol. The average molecular weight is 386 g/mol. The second-order valence-electron chi connectivity index (χ2n) is 6.67. The third kappa shape index (κ3) is 3.94. The van der Waals surface area contributed by atoms with E-state index in [4.69, 9.17) is 0 Å². The van der Waals surface area contributed by atoms with Crippen molar-refractivity contribution in [3.8, 4) is 11.3 Å². The highest BCUT2D eigenvalue weighted by molar-refractivity contribution is 6.07. The number of piperazine rings is 1. The normalized spacial score (nSPS) is 14.8. The van der Waals surface area contributed by atoms with Crippen LogP contribution < -0.4 is 0 Å². The average Bonchev–Trinajstić information content (AvgIpc) is 2.68. The Balaban J connectivity index is 0.00000210. The maximum Gasteiger partial charge on any atom is 0.254 e. The highest BCUT2D eigenvalue weighted by Gasteiger charge is 2.23. The molecular formula is C21H21ClFN3O. The molecule has 140 valence electrons. The fourth-order valence-electron chi connectivity index (χ4n) is 3.30. The van der Waals surface area contributed by atoms with Gasteiger partial charge in [0.2, 0.25) is 0 Å². The van der Waals surface area contributed by atoms with Crippen molar-refractivity contribution in [1.29, 1.82) is 0 Å². The van der Waals surface area contributed by atoms with E-state index in [9.17, 15) is 9.18 Å². The fraction of sp³-hybridized carbons (Fsp3) is 0.238. The molecule has 0 bridgehead atoms. The Hall–Kier alpha value is -2.50. The van der Waals surface area contributed by atoms with Crippen LogP contribution in [0.25, 0.3) is 22.2 Å². The third-order valence-corrected chi connectivity index (χ3v) is 4.88. The Bertz CT molecular complexity index is 953. The van der Waals surface area contributed by atoms with E-state index in [1.54, 1.807) is 12.1 Å². The zero-order valence-corrected chi connectivity index (χ0v) is 15.9. The van der Waals surface area contributed by atoms with Crippen molar-refractivity contribution < 1.29 is 9.18 Å². The molecule has 1 fully saturated rings. The Kier molecular flexibility index (Phi) is 5.73. The molecule has 0 radical (unpaired) electrons. The lowest BCUT2D eigenvalue weighted by Crippen LogP contribution is -2.47. The summed E-state index contributed by atoms with van der Waals surface area (Å²) in [6.07, 6.45) is 0. The number of likely N-dealkylation sites (N-methyl/N-ethyl adjacent to an activating group) is 1. The van der Waals surface area contributed by atoms with Crippen molar-refractivity contribution in [2.75, 3.05) is 33.2 Å². The van der Waals surface area contributed by atoms with E-state index in [2.05, 4.69) is 16.9 Å². The van der Waals surface area contributed by atoms with E-state index in [1.807, 2.05) is 35.2 Å². The molecule has 2 aromatic carbocycles. The molecule has 1 aliphatic rings. The summed E-state index contributed by atoms with van der Waals surface area (Å²) in [5.41, 5.74) is 2.90. The number of hydrogen-bond acceptors (Lipinski definition) is 3. The zero-order valence-electron chi connectivity index (χ0n) is 15.1. The number of nitrogens with zero attached hydrogens (tertiary/aromatic N) is 3. The number of amides is 1. The SMILES string of the molecule is CN1CCN(C(=O)c2cc(-c3ccc(F)cc3)nc3ccccc23)CC1.Cl. The van der Waals surface area contributed by atoms with Crippen molar-refractivity contribution in [3.05, 3.63) is 66.0 Å². The first-order chi connectivity index (χ1) is 12.6. The maximum absolute atomic E-state index is 13.3. The predicted octanol–water partition coefficient (Wildman–Crippen LogP) is 3.85. The van der Waals surface area contributed by atoms with Crippen molar-refractivity contribution in [2.24, 2.45) is 0 Å². The third-order valence-electron chi connectivity index (χ3n) is 4.88. The quantitative estimate of drug-likeness (QED) is 0.672. The molecule has 0 atom stereocenters. The van der Waals surface area contributed by atoms with Crippen LogP contribution >= 0.6 is 12.4 Å². The van der Waals surface area contributed by atoms with Gasteiger partial charge in [0.25, 0.3) is 5.91 Å². The largest absolute Gasteiger partial charge is 0.336 e. The Labute approximate surface area is 164 Å². The van der Waals surface area contributed by atoms with Crippen molar-refractivity contribution in [1.82, 2.24) is 14.8 Å². The van der Waals surface area contributed by atoms with Gasteiger partial charge in [0.15, 0.2) is 0 Å². The standard InChI is InChI=1S/C21H20FN3O.ClH/c1-24-10-12-25(13-11-24)21(26)18-14-20(15-6-8-16(22)9-7-15)23-19-5-3-2-4-17(18)19;/h2-9,14H,10-13H2,1H3;1H. The molecular weight excluding hydrogens is 365 g/mol. The molecule has 4 nitrogen and oxygen atoms in total. The summed E-state index contributed by atoms with van der Waals surface area (Å²) in [7, 11) is 2.07. The monoisotopic (exact) mass is 385 g/mol. The number of aromatic nitrogens is 1. The summed E-state index contributed by atoms with van der Waals surface area (Å²) in [5, 5.41) is 0.849. The van der Waals surface area contributed by atoms with E-state index in [0.717, 1.165) is 42.6 Å². The fourth-order valence-corrected chi connectivity index (χ4v) is 3.30. The van der Waals surface area contributed by atoms with Crippen LogP contribution in [0.2, 0.25) is 0 Å². The number of carbonyl (C=O) groups excluding carboxylic acids is 1. The Morgan fingerprint density at radius 1 is 1.00 bits per heavy atom. The lowest BCUT2D eigenvalue weighted by molar-refractivity contribution is 0.0666. The van der Waals surface area contributed by atoms with Crippen LogP contribution in [0.1, 0.15) is 10.4 Å². The molecule has 1 aliphatic heterocycles. The van der Waals surface area contributed by atoms with Gasteiger partial charge >= 0.3 is 0 Å². The number of benzene rings is 2. The minimum atomic E-state index is -0.289. The molecule has 2 heterocycles. The van der Waals surface area contributed by atoms with Crippen LogP contribution in [0.3, 0.4) is 0 Å². The van der Waals surface area contributed by atoms with E-state index in [-0.39, 0.29) is 24.1 Å². The number of hydrogen-bond donors (Lipinski definition) is 0. The van der Waals surface area contributed by atoms with Gasteiger partial charge in [-0.1, -0.05) is 18.2 Å². The summed E-state index contributed by atoms with van der Waals surface area (Å²) in [5.74, 6) is -0.261. The topological polar surface area (TPSA) is 36.4 Å². The van der Waals surface area contributed by atoms with E-state index in [0.29, 0.717) is 11.3 Å². The molecule has 6 heteroatoms. The molecule has 27 heavy (non-hydrogen) atoms. The van der Waals surface area contributed by atoms with Gasteiger partial charge in [-0.25, -0.2) is 9.37 Å². The van der Waals surface area contributed by atoms with Crippen LogP contribution in [-0.2, 0) is 0 Å². The molecule has 0 unspecified atom stereocenters. The van der Waals surface area contributed by atoms with Crippen LogP contribution in [0.5, 0.6) is 0 Å².